The molecule has 1 amide bonds. The Labute approximate surface area is 176 Å². The van der Waals surface area contributed by atoms with Crippen molar-refractivity contribution in [3.05, 3.63) is 59.0 Å². The number of fused-ring (bicyclic) bond motifs is 1. The van der Waals surface area contributed by atoms with Gasteiger partial charge in [0.15, 0.2) is 5.69 Å². The number of H-pyrrole nitrogens is 1. The van der Waals surface area contributed by atoms with Crippen LogP contribution >= 0.6 is 0 Å². The molecule has 0 bridgehead atoms. The average molecular weight is 405 g/mol. The van der Waals surface area contributed by atoms with E-state index in [1.165, 1.54) is 24.0 Å². The first-order valence-corrected chi connectivity index (χ1v) is 10.8. The van der Waals surface area contributed by atoms with Gasteiger partial charge in [-0.1, -0.05) is 42.7 Å². The molecule has 5 rings (SSSR count). The van der Waals surface area contributed by atoms with Crippen LogP contribution in [0, 0.1) is 6.92 Å². The topological polar surface area (TPSA) is 78.8 Å². The maximum absolute atomic E-state index is 12.6. The molecule has 1 aliphatic heterocycles. The Morgan fingerprint density at radius 3 is 2.80 bits per heavy atom. The molecule has 0 atom stereocenters. The molecule has 1 aliphatic carbocycles. The van der Waals surface area contributed by atoms with Crippen molar-refractivity contribution in [3.63, 3.8) is 0 Å². The van der Waals surface area contributed by atoms with E-state index in [0.29, 0.717) is 11.7 Å². The van der Waals surface area contributed by atoms with Gasteiger partial charge in [-0.05, 0) is 31.4 Å². The highest BCUT2D eigenvalue weighted by Crippen LogP contribution is 2.25. The van der Waals surface area contributed by atoms with E-state index in [2.05, 4.69) is 56.7 Å². The molecule has 0 spiro atoms. The molecule has 1 fully saturated rings. The maximum Gasteiger partial charge on any atom is 0.272 e. The number of hydrogen-bond donors (Lipinski definition) is 2. The molecule has 2 aromatic heterocycles. The number of benzene rings is 1. The summed E-state index contributed by atoms with van der Waals surface area (Å²) in [5.41, 5.74) is 6.30. The van der Waals surface area contributed by atoms with E-state index in [1.54, 1.807) is 0 Å². The second-order valence-corrected chi connectivity index (χ2v) is 8.55. The molecule has 156 valence electrons. The third-order valence-corrected chi connectivity index (χ3v) is 6.25. The summed E-state index contributed by atoms with van der Waals surface area (Å²) in [6, 6.07) is 10.8. The highest BCUT2D eigenvalue weighted by Gasteiger charge is 2.24. The summed E-state index contributed by atoms with van der Waals surface area (Å²) in [5.74, 6) is -0.0353. The first kappa shape index (κ1) is 19.1. The minimum absolute atomic E-state index is 0.0353. The second kappa shape index (κ2) is 8.07. The van der Waals surface area contributed by atoms with Gasteiger partial charge >= 0.3 is 0 Å². The van der Waals surface area contributed by atoms with Crippen LogP contribution in [-0.2, 0) is 19.6 Å². The summed E-state index contributed by atoms with van der Waals surface area (Å²) < 4.78 is 1.98. The first-order valence-electron chi connectivity index (χ1n) is 10.8. The van der Waals surface area contributed by atoms with E-state index in [9.17, 15) is 4.79 Å². The van der Waals surface area contributed by atoms with E-state index in [-0.39, 0.29) is 5.91 Å². The second-order valence-electron chi connectivity index (χ2n) is 8.55. The van der Waals surface area contributed by atoms with E-state index < -0.39 is 0 Å². The zero-order valence-corrected chi connectivity index (χ0v) is 17.4. The zero-order chi connectivity index (χ0) is 20.5. The molecule has 3 heterocycles. The van der Waals surface area contributed by atoms with Crippen LogP contribution in [0.15, 0.2) is 36.5 Å². The molecule has 7 nitrogen and oxygen atoms in total. The summed E-state index contributed by atoms with van der Waals surface area (Å²) in [6.07, 6.45) is 6.50. The lowest BCUT2D eigenvalue weighted by atomic mass is 10.1. The van der Waals surface area contributed by atoms with Crippen LogP contribution < -0.4 is 5.32 Å². The molecule has 1 saturated carbocycles. The Morgan fingerprint density at radius 1 is 1.20 bits per heavy atom. The number of nitrogens with one attached hydrogen (secondary N) is 2. The van der Waals surface area contributed by atoms with Crippen molar-refractivity contribution in [3.8, 4) is 11.3 Å². The predicted molar refractivity (Wildman–Crippen MR) is 115 cm³/mol. The summed E-state index contributed by atoms with van der Waals surface area (Å²) in [6.45, 7) is 5.38. The van der Waals surface area contributed by atoms with Crippen LogP contribution in [0.4, 0.5) is 0 Å². The smallest absolute Gasteiger partial charge is 0.272 e. The van der Waals surface area contributed by atoms with Gasteiger partial charge in [0.25, 0.3) is 5.91 Å². The van der Waals surface area contributed by atoms with Gasteiger partial charge in [-0.3, -0.25) is 19.5 Å². The van der Waals surface area contributed by atoms with Crippen molar-refractivity contribution >= 4 is 5.91 Å². The van der Waals surface area contributed by atoms with Gasteiger partial charge in [-0.15, -0.1) is 0 Å². The van der Waals surface area contributed by atoms with E-state index in [4.69, 9.17) is 0 Å². The van der Waals surface area contributed by atoms with E-state index in [1.807, 2.05) is 16.9 Å². The highest BCUT2D eigenvalue weighted by molar-refractivity contribution is 5.92. The fourth-order valence-corrected chi connectivity index (χ4v) is 4.54. The van der Waals surface area contributed by atoms with Gasteiger partial charge in [-0.25, -0.2) is 0 Å². The minimum atomic E-state index is -0.0353. The number of hydrogen-bond acceptors (Lipinski definition) is 4. The average Bonchev–Trinajstić information content (AvgIpc) is 3.49. The molecule has 1 aromatic carbocycles. The largest absolute Gasteiger partial charge is 0.348 e. The number of nitrogens with zero attached hydrogens (tertiary/aromatic N) is 4. The van der Waals surface area contributed by atoms with Gasteiger partial charge in [0.1, 0.15) is 0 Å². The standard InChI is InChI=1S/C23H28N6O/c1-16-6-8-17(9-7-16)22-18(13-24-26-22)14-28-10-11-29-20(15-28)12-21(27-29)23(30)25-19-4-2-3-5-19/h6-9,12-13,19H,2-5,10-11,14-15H2,1H3,(H,24,26)(H,25,30). The van der Waals surface area contributed by atoms with Crippen molar-refractivity contribution < 1.29 is 4.79 Å². The molecule has 2 aliphatic rings. The lowest BCUT2D eigenvalue weighted by molar-refractivity contribution is 0.0931. The normalized spacial score (nSPS) is 17.2. The lowest BCUT2D eigenvalue weighted by Crippen LogP contribution is -2.34. The fourth-order valence-electron chi connectivity index (χ4n) is 4.54. The summed E-state index contributed by atoms with van der Waals surface area (Å²) in [7, 11) is 0. The van der Waals surface area contributed by atoms with Crippen LogP contribution in [0.25, 0.3) is 11.3 Å². The lowest BCUT2D eigenvalue weighted by Gasteiger charge is -2.27. The third-order valence-electron chi connectivity index (χ3n) is 6.25. The predicted octanol–water partition coefficient (Wildman–Crippen LogP) is 3.27. The SMILES string of the molecule is Cc1ccc(-c2[nH]ncc2CN2CCn3nc(C(=O)NC4CCCC4)cc3C2)cc1. The molecule has 0 unspecified atom stereocenters. The third kappa shape index (κ3) is 3.89. The molecule has 7 heteroatoms. The van der Waals surface area contributed by atoms with Crippen LogP contribution in [0.1, 0.15) is 53.0 Å². The molecule has 0 radical (unpaired) electrons. The Hall–Kier alpha value is -2.93. The van der Waals surface area contributed by atoms with Gasteiger partial charge in [0, 0.05) is 31.2 Å². The van der Waals surface area contributed by atoms with Crippen LogP contribution in [0.2, 0.25) is 0 Å². The van der Waals surface area contributed by atoms with Gasteiger partial charge < -0.3 is 5.32 Å². The van der Waals surface area contributed by atoms with Gasteiger partial charge in [0.2, 0.25) is 0 Å². The number of amides is 1. The Bertz CT molecular complexity index is 1030. The first-order chi connectivity index (χ1) is 14.7. The van der Waals surface area contributed by atoms with E-state index >= 15 is 0 Å². The van der Waals surface area contributed by atoms with E-state index in [0.717, 1.165) is 56.0 Å². The van der Waals surface area contributed by atoms with Crippen LogP contribution in [-0.4, -0.2) is 43.4 Å². The Balaban J connectivity index is 1.27. The zero-order valence-electron chi connectivity index (χ0n) is 17.4. The Morgan fingerprint density at radius 2 is 2.00 bits per heavy atom. The molecular weight excluding hydrogens is 376 g/mol. The number of aryl methyl sites for hydroxylation is 1. The molecule has 30 heavy (non-hydrogen) atoms. The fraction of sp³-hybridized carbons (Fsp3) is 0.435. The van der Waals surface area contributed by atoms with Gasteiger partial charge in [-0.2, -0.15) is 10.2 Å². The Kier molecular flexibility index (Phi) is 5.12. The van der Waals surface area contributed by atoms with Crippen molar-refractivity contribution in [2.75, 3.05) is 6.54 Å². The summed E-state index contributed by atoms with van der Waals surface area (Å²) >= 11 is 0. The van der Waals surface area contributed by atoms with Crippen molar-refractivity contribution in [1.82, 2.24) is 30.2 Å². The van der Waals surface area contributed by atoms with Crippen molar-refractivity contribution in [2.24, 2.45) is 0 Å². The number of carbonyl (C=O) groups excluding carboxylic acids is 1. The number of carbonyl (C=O) groups is 1. The maximum atomic E-state index is 12.6. The molecule has 3 aromatic rings. The summed E-state index contributed by atoms with van der Waals surface area (Å²) in [5, 5.41) is 15.1. The number of rotatable bonds is 5. The monoisotopic (exact) mass is 404 g/mol. The molecular formula is C23H28N6O. The molecule has 2 N–H and O–H groups in total. The van der Waals surface area contributed by atoms with Crippen molar-refractivity contribution in [2.45, 2.75) is 58.3 Å². The quantitative estimate of drug-likeness (QED) is 0.684. The van der Waals surface area contributed by atoms with Gasteiger partial charge in [0.05, 0.1) is 24.1 Å². The van der Waals surface area contributed by atoms with Crippen molar-refractivity contribution in [1.29, 1.82) is 0 Å². The highest BCUT2D eigenvalue weighted by atomic mass is 16.2. The number of aromatic amines is 1. The minimum Gasteiger partial charge on any atom is -0.348 e. The van der Waals surface area contributed by atoms with Crippen LogP contribution in [0.5, 0.6) is 0 Å². The summed E-state index contributed by atoms with van der Waals surface area (Å²) in [4.78, 5) is 15.0. The van der Waals surface area contributed by atoms with Crippen LogP contribution in [0.3, 0.4) is 0 Å². The number of aromatic nitrogens is 4. The molecule has 0 saturated heterocycles.